The maximum absolute atomic E-state index is 11.8. The van der Waals surface area contributed by atoms with Gasteiger partial charge in [0, 0.05) is 44.7 Å². The summed E-state index contributed by atoms with van der Waals surface area (Å²) in [6, 6.07) is 7.84. The van der Waals surface area contributed by atoms with Gasteiger partial charge in [-0.2, -0.15) is 0 Å². The van der Waals surface area contributed by atoms with Gasteiger partial charge in [0.1, 0.15) is 0 Å². The maximum atomic E-state index is 11.8. The molecule has 1 heterocycles. The largest absolute Gasteiger partial charge is 0.359 e. The topological polar surface area (TPSA) is 85.8 Å². The van der Waals surface area contributed by atoms with Crippen LogP contribution >= 0.6 is 0 Å². The fraction of sp³-hybridized carbons (Fsp3) is 0.591. The van der Waals surface area contributed by atoms with Crippen molar-refractivity contribution < 1.29 is 9.59 Å². The first-order valence-corrected chi connectivity index (χ1v) is 10.6. The van der Waals surface area contributed by atoms with E-state index in [-0.39, 0.29) is 17.7 Å². The average Bonchev–Trinajstić information content (AvgIpc) is 2.72. The van der Waals surface area contributed by atoms with Crippen molar-refractivity contribution in [3.63, 3.8) is 0 Å². The zero-order chi connectivity index (χ0) is 21.2. The van der Waals surface area contributed by atoms with Crippen LogP contribution in [-0.2, 0) is 16.1 Å². The Morgan fingerprint density at radius 3 is 2.38 bits per heavy atom. The Morgan fingerprint density at radius 2 is 1.83 bits per heavy atom. The SMILES string of the molecule is CCNC(=NCc1ccc(NC(=O)C(C)C)cc1)N1CCC(CC(=O)NC)CC1. The molecule has 1 aromatic rings. The van der Waals surface area contributed by atoms with Gasteiger partial charge in [0.25, 0.3) is 0 Å². The molecule has 7 heteroatoms. The molecule has 2 amide bonds. The summed E-state index contributed by atoms with van der Waals surface area (Å²) in [6.07, 6.45) is 2.61. The number of carbonyl (C=O) groups is 2. The van der Waals surface area contributed by atoms with Crippen LogP contribution < -0.4 is 16.0 Å². The molecule has 2 rings (SSSR count). The molecule has 1 fully saturated rings. The third kappa shape index (κ3) is 7.40. The van der Waals surface area contributed by atoms with E-state index in [1.165, 1.54) is 0 Å². The van der Waals surface area contributed by atoms with Crippen LogP contribution in [0.5, 0.6) is 0 Å². The Bertz CT molecular complexity index is 692. The highest BCUT2D eigenvalue weighted by atomic mass is 16.2. The standard InChI is InChI=1S/C22H35N5O2/c1-5-24-22(27-12-10-17(11-13-27)14-20(28)23-4)25-15-18-6-8-19(9-7-18)26-21(29)16(2)3/h6-9,16-17H,5,10-15H2,1-4H3,(H,23,28)(H,24,25)(H,26,29). The Kier molecular flexibility index (Phi) is 8.96. The summed E-state index contributed by atoms with van der Waals surface area (Å²) in [6.45, 7) is 9.04. The van der Waals surface area contributed by atoms with Crippen molar-refractivity contribution in [3.05, 3.63) is 29.8 Å². The molecule has 0 aliphatic carbocycles. The summed E-state index contributed by atoms with van der Waals surface area (Å²) in [5, 5.41) is 9.00. The lowest BCUT2D eigenvalue weighted by Crippen LogP contribution is -2.46. The molecular formula is C22H35N5O2. The van der Waals surface area contributed by atoms with Crippen molar-refractivity contribution in [2.24, 2.45) is 16.8 Å². The summed E-state index contributed by atoms with van der Waals surface area (Å²) in [4.78, 5) is 30.5. The van der Waals surface area contributed by atoms with Crippen molar-refractivity contribution in [2.45, 2.75) is 46.6 Å². The second-order valence-electron chi connectivity index (χ2n) is 7.82. The minimum Gasteiger partial charge on any atom is -0.359 e. The molecule has 0 aromatic heterocycles. The number of aliphatic imine (C=N–C) groups is 1. The summed E-state index contributed by atoms with van der Waals surface area (Å²) in [5.41, 5.74) is 1.90. The zero-order valence-corrected chi connectivity index (χ0v) is 18.1. The van der Waals surface area contributed by atoms with E-state index < -0.39 is 0 Å². The van der Waals surface area contributed by atoms with Gasteiger partial charge in [-0.3, -0.25) is 9.59 Å². The van der Waals surface area contributed by atoms with Crippen molar-refractivity contribution in [2.75, 3.05) is 32.0 Å². The summed E-state index contributed by atoms with van der Waals surface area (Å²) in [5.74, 6) is 1.47. The highest BCUT2D eigenvalue weighted by Crippen LogP contribution is 2.20. The van der Waals surface area contributed by atoms with Crippen molar-refractivity contribution in [1.29, 1.82) is 0 Å². The highest BCUT2D eigenvalue weighted by Gasteiger charge is 2.23. The molecule has 29 heavy (non-hydrogen) atoms. The van der Waals surface area contributed by atoms with Crippen LogP contribution in [0.1, 0.15) is 45.6 Å². The van der Waals surface area contributed by atoms with Gasteiger partial charge in [-0.1, -0.05) is 26.0 Å². The molecule has 0 saturated carbocycles. The highest BCUT2D eigenvalue weighted by molar-refractivity contribution is 5.92. The fourth-order valence-electron chi connectivity index (χ4n) is 3.29. The van der Waals surface area contributed by atoms with Gasteiger partial charge in [0.05, 0.1) is 6.54 Å². The van der Waals surface area contributed by atoms with Gasteiger partial charge in [-0.15, -0.1) is 0 Å². The predicted molar refractivity (Wildman–Crippen MR) is 118 cm³/mol. The number of amides is 2. The minimum absolute atomic E-state index is 0.0185. The normalized spacial score (nSPS) is 15.3. The molecule has 0 radical (unpaired) electrons. The lowest BCUT2D eigenvalue weighted by molar-refractivity contribution is -0.122. The van der Waals surface area contributed by atoms with Crippen LogP contribution in [0.25, 0.3) is 0 Å². The smallest absolute Gasteiger partial charge is 0.226 e. The lowest BCUT2D eigenvalue weighted by Gasteiger charge is -2.34. The second-order valence-corrected chi connectivity index (χ2v) is 7.82. The molecule has 1 aromatic carbocycles. The third-order valence-corrected chi connectivity index (χ3v) is 5.16. The number of carbonyl (C=O) groups excluding carboxylic acids is 2. The fourth-order valence-corrected chi connectivity index (χ4v) is 3.29. The van der Waals surface area contributed by atoms with Crippen LogP contribution in [0.2, 0.25) is 0 Å². The van der Waals surface area contributed by atoms with Crippen LogP contribution in [0.4, 0.5) is 5.69 Å². The van der Waals surface area contributed by atoms with Crippen molar-refractivity contribution in [3.8, 4) is 0 Å². The molecule has 1 aliphatic heterocycles. The number of likely N-dealkylation sites (tertiary alicyclic amines) is 1. The first-order chi connectivity index (χ1) is 13.9. The van der Waals surface area contributed by atoms with Crippen molar-refractivity contribution >= 4 is 23.5 Å². The van der Waals surface area contributed by atoms with E-state index in [4.69, 9.17) is 4.99 Å². The Morgan fingerprint density at radius 1 is 1.17 bits per heavy atom. The molecule has 1 saturated heterocycles. The molecule has 0 unspecified atom stereocenters. The van der Waals surface area contributed by atoms with Crippen LogP contribution in [0.15, 0.2) is 29.3 Å². The third-order valence-electron chi connectivity index (χ3n) is 5.16. The average molecular weight is 402 g/mol. The second kappa shape index (κ2) is 11.4. The van der Waals surface area contributed by atoms with Gasteiger partial charge < -0.3 is 20.9 Å². The van der Waals surface area contributed by atoms with Crippen molar-refractivity contribution in [1.82, 2.24) is 15.5 Å². The van der Waals surface area contributed by atoms with E-state index >= 15 is 0 Å². The number of rotatable bonds is 7. The van der Waals surface area contributed by atoms with Gasteiger partial charge in [-0.05, 0) is 43.4 Å². The Hall–Kier alpha value is -2.57. The minimum atomic E-state index is -0.0394. The zero-order valence-electron chi connectivity index (χ0n) is 18.1. The quantitative estimate of drug-likeness (QED) is 0.484. The summed E-state index contributed by atoms with van der Waals surface area (Å²) in [7, 11) is 1.69. The number of hydrogen-bond acceptors (Lipinski definition) is 3. The number of benzene rings is 1. The molecule has 0 spiro atoms. The summed E-state index contributed by atoms with van der Waals surface area (Å²) < 4.78 is 0. The number of guanidine groups is 1. The van der Waals surface area contributed by atoms with Gasteiger partial charge in [-0.25, -0.2) is 4.99 Å². The first-order valence-electron chi connectivity index (χ1n) is 10.6. The number of anilines is 1. The predicted octanol–water partition coefficient (Wildman–Crippen LogP) is 2.59. The van der Waals surface area contributed by atoms with E-state index in [9.17, 15) is 9.59 Å². The van der Waals surface area contributed by atoms with Gasteiger partial charge >= 0.3 is 0 Å². The van der Waals surface area contributed by atoms with Crippen LogP contribution in [0, 0.1) is 11.8 Å². The monoisotopic (exact) mass is 401 g/mol. The molecular weight excluding hydrogens is 366 g/mol. The number of piperidine rings is 1. The van der Waals surface area contributed by atoms with Crippen LogP contribution in [-0.4, -0.2) is 49.4 Å². The van der Waals surface area contributed by atoms with E-state index in [0.717, 1.165) is 49.7 Å². The van der Waals surface area contributed by atoms with E-state index in [1.807, 2.05) is 38.1 Å². The van der Waals surface area contributed by atoms with Gasteiger partial charge in [0.2, 0.25) is 11.8 Å². The molecule has 0 atom stereocenters. The molecule has 0 bridgehead atoms. The Balaban J connectivity index is 1.92. The Labute approximate surface area is 174 Å². The maximum Gasteiger partial charge on any atom is 0.226 e. The number of nitrogens with one attached hydrogen (secondary N) is 3. The molecule has 3 N–H and O–H groups in total. The van der Waals surface area contributed by atoms with E-state index in [2.05, 4.69) is 27.8 Å². The molecule has 160 valence electrons. The number of hydrogen-bond donors (Lipinski definition) is 3. The van der Waals surface area contributed by atoms with E-state index in [0.29, 0.717) is 18.9 Å². The molecule has 1 aliphatic rings. The number of nitrogens with zero attached hydrogens (tertiary/aromatic N) is 2. The lowest BCUT2D eigenvalue weighted by atomic mass is 9.93. The van der Waals surface area contributed by atoms with E-state index in [1.54, 1.807) is 7.05 Å². The van der Waals surface area contributed by atoms with Gasteiger partial charge in [0.15, 0.2) is 5.96 Å². The first kappa shape index (κ1) is 22.7. The summed E-state index contributed by atoms with van der Waals surface area (Å²) >= 11 is 0. The molecule has 7 nitrogen and oxygen atoms in total. The van der Waals surface area contributed by atoms with Crippen LogP contribution in [0.3, 0.4) is 0 Å².